The third kappa shape index (κ3) is 25.6. The summed E-state index contributed by atoms with van der Waals surface area (Å²) in [5.74, 6) is -4.30. The number of nitrogens with zero attached hydrogens (tertiary/aromatic N) is 1. The fourth-order valence-electron chi connectivity index (χ4n) is 1.03. The van der Waals surface area contributed by atoms with Gasteiger partial charge in [0.1, 0.15) is 12.6 Å². The summed E-state index contributed by atoms with van der Waals surface area (Å²) in [4.78, 5) is 28.8. The number of aliphatic hydroxyl groups excluding tert-OH is 1. The van der Waals surface area contributed by atoms with Crippen LogP contribution in [-0.4, -0.2) is 84.3 Å². The summed E-state index contributed by atoms with van der Waals surface area (Å²) in [6.07, 6.45) is -0.319. The van der Waals surface area contributed by atoms with E-state index in [4.69, 9.17) is 5.11 Å². The fraction of sp³-hybridized carbons (Fsp3) is 0.545. The van der Waals surface area contributed by atoms with Gasteiger partial charge in [-0.15, -0.1) is 0 Å². The standard InChI is InChI=1S/C7H15NO3.C4H4O4.Mg/c1-8(2,3)5-6(9)4-7(10)11;5-3(6)1-2-4(7)8;/h6,9H,4-5H2,1-3H3;1-2H,(H,5,6)(H,7,8);/q;;+2/p-2/b;2-1+;/t6-;;/m0../s1. The van der Waals surface area contributed by atoms with Gasteiger partial charge in [-0.1, -0.05) is 0 Å². The smallest absolute Gasteiger partial charge is 0.550 e. The van der Waals surface area contributed by atoms with Crippen LogP contribution in [0.4, 0.5) is 0 Å². The van der Waals surface area contributed by atoms with E-state index in [-0.39, 0.29) is 29.5 Å². The Hall–Kier alpha value is -1.16. The molecule has 0 aromatic rings. The van der Waals surface area contributed by atoms with Crippen LogP contribution in [0, 0.1) is 0 Å². The van der Waals surface area contributed by atoms with Gasteiger partial charge in [0.2, 0.25) is 0 Å². The number of likely N-dealkylation sites (N-methyl/N-ethyl adjacent to an activating group) is 1. The van der Waals surface area contributed by atoms with Crippen molar-refractivity contribution in [2.75, 3.05) is 27.7 Å². The Labute approximate surface area is 133 Å². The molecule has 0 amide bonds. The predicted octanol–water partition coefficient (Wildman–Crippen LogP) is -5.14. The van der Waals surface area contributed by atoms with E-state index in [9.17, 15) is 29.7 Å². The maximum atomic E-state index is 10.0. The van der Waals surface area contributed by atoms with Crippen molar-refractivity contribution in [1.82, 2.24) is 0 Å². The summed E-state index contributed by atoms with van der Waals surface area (Å²) in [5, 5.41) is 38.0. The normalized spacial score (nSPS) is 11.8. The molecule has 0 aliphatic heterocycles. The van der Waals surface area contributed by atoms with E-state index in [0.29, 0.717) is 23.2 Å². The zero-order valence-electron chi connectivity index (χ0n) is 11.7. The summed E-state index contributed by atoms with van der Waals surface area (Å²) >= 11 is 0. The average molecular weight is 300 g/mol. The number of carboxylic acid groups (broad SMARTS) is 3. The largest absolute Gasteiger partial charge is 2.00 e. The molecule has 0 radical (unpaired) electrons. The van der Waals surface area contributed by atoms with Crippen molar-refractivity contribution in [1.29, 1.82) is 0 Å². The Kier molecular flexibility index (Phi) is 13.9. The molecule has 20 heavy (non-hydrogen) atoms. The maximum Gasteiger partial charge on any atom is 2.00 e. The monoisotopic (exact) mass is 299 g/mol. The zero-order valence-corrected chi connectivity index (χ0v) is 13.1. The summed E-state index contributed by atoms with van der Waals surface area (Å²) in [7, 11) is 5.66. The Morgan fingerprint density at radius 3 is 1.60 bits per heavy atom. The molecular formula is C11H17MgNO7. The van der Waals surface area contributed by atoms with Crippen LogP contribution in [0.5, 0.6) is 0 Å². The Morgan fingerprint density at radius 2 is 1.40 bits per heavy atom. The molecule has 0 heterocycles. The van der Waals surface area contributed by atoms with Gasteiger partial charge in [-0.2, -0.15) is 0 Å². The second kappa shape index (κ2) is 11.6. The van der Waals surface area contributed by atoms with E-state index < -0.39 is 24.0 Å². The van der Waals surface area contributed by atoms with Crippen LogP contribution in [0.2, 0.25) is 0 Å². The zero-order chi connectivity index (χ0) is 15.6. The van der Waals surface area contributed by atoms with Crippen LogP contribution in [0.3, 0.4) is 0 Å². The number of carbonyl (C=O) groups is 3. The minimum atomic E-state index is -1.55. The molecule has 0 saturated carbocycles. The van der Waals surface area contributed by atoms with Gasteiger partial charge in [0, 0.05) is 12.4 Å². The maximum absolute atomic E-state index is 10.0. The van der Waals surface area contributed by atoms with Gasteiger partial charge in [0.05, 0.1) is 33.1 Å². The first-order chi connectivity index (χ1) is 8.44. The molecule has 0 bridgehead atoms. The van der Waals surface area contributed by atoms with Gasteiger partial charge in [-0.25, -0.2) is 0 Å². The number of rotatable bonds is 6. The van der Waals surface area contributed by atoms with E-state index in [2.05, 4.69) is 0 Å². The molecule has 0 aromatic carbocycles. The van der Waals surface area contributed by atoms with E-state index in [1.807, 2.05) is 21.1 Å². The molecule has 0 rings (SSSR count). The molecular weight excluding hydrogens is 282 g/mol. The second-order valence-electron chi connectivity index (χ2n) is 4.67. The van der Waals surface area contributed by atoms with Crippen molar-refractivity contribution >= 4 is 41.0 Å². The van der Waals surface area contributed by atoms with Crippen LogP contribution < -0.4 is 15.3 Å². The average Bonchev–Trinajstić information content (AvgIpc) is 2.10. The van der Waals surface area contributed by atoms with Gasteiger partial charge in [-0.3, -0.25) is 0 Å². The number of aliphatic hydroxyl groups is 1. The number of hydrogen-bond donors (Lipinski definition) is 1. The molecule has 1 N–H and O–H groups in total. The van der Waals surface area contributed by atoms with Crippen LogP contribution >= 0.6 is 0 Å². The number of quaternary nitrogens is 1. The molecule has 0 fully saturated rings. The third-order valence-electron chi connectivity index (χ3n) is 1.52. The quantitative estimate of drug-likeness (QED) is 0.294. The van der Waals surface area contributed by atoms with Gasteiger partial charge in [0.25, 0.3) is 0 Å². The summed E-state index contributed by atoms with van der Waals surface area (Å²) in [6, 6.07) is 0. The van der Waals surface area contributed by atoms with Crippen LogP contribution in [0.15, 0.2) is 12.2 Å². The first kappa shape index (κ1) is 23.9. The molecule has 0 saturated heterocycles. The Balaban J connectivity index is -0.000000288. The molecule has 0 aliphatic carbocycles. The summed E-state index contributed by atoms with van der Waals surface area (Å²) in [5.41, 5.74) is 0. The number of carboxylic acids is 3. The Morgan fingerprint density at radius 1 is 1.05 bits per heavy atom. The summed E-state index contributed by atoms with van der Waals surface area (Å²) < 4.78 is 0.550. The molecule has 1 atom stereocenters. The van der Waals surface area contributed by atoms with Crippen LogP contribution in [0.1, 0.15) is 6.42 Å². The summed E-state index contributed by atoms with van der Waals surface area (Å²) in [6.45, 7) is 0.425. The molecule has 0 aromatic heterocycles. The van der Waals surface area contributed by atoms with Crippen molar-refractivity contribution in [2.24, 2.45) is 0 Å². The van der Waals surface area contributed by atoms with Crippen molar-refractivity contribution in [3.8, 4) is 0 Å². The number of carbonyl (C=O) groups excluding carboxylic acids is 3. The number of aliphatic carboxylic acids is 3. The molecule has 0 spiro atoms. The van der Waals surface area contributed by atoms with Crippen LogP contribution in [-0.2, 0) is 14.4 Å². The van der Waals surface area contributed by atoms with Crippen molar-refractivity contribution in [2.45, 2.75) is 12.5 Å². The van der Waals surface area contributed by atoms with E-state index in [1.54, 1.807) is 0 Å². The van der Waals surface area contributed by atoms with Gasteiger partial charge >= 0.3 is 23.1 Å². The fourth-order valence-corrected chi connectivity index (χ4v) is 1.03. The van der Waals surface area contributed by atoms with Gasteiger partial charge in [-0.05, 0) is 12.2 Å². The first-order valence-corrected chi connectivity index (χ1v) is 5.22. The van der Waals surface area contributed by atoms with E-state index in [0.717, 1.165) is 0 Å². The minimum absolute atomic E-state index is 0. The van der Waals surface area contributed by atoms with Gasteiger partial charge in [0.15, 0.2) is 0 Å². The SMILES string of the molecule is C[N+](C)(C)C[C@@H](O)CC(=O)[O-].O=C([O-])/C=C/C(=O)[O-].[Mg+2]. The predicted molar refractivity (Wildman–Crippen MR) is 63.4 cm³/mol. The number of hydrogen-bond acceptors (Lipinski definition) is 7. The molecule has 0 aliphatic rings. The molecule has 0 unspecified atom stereocenters. The van der Waals surface area contributed by atoms with Crippen molar-refractivity contribution in [3.05, 3.63) is 12.2 Å². The topological polar surface area (TPSA) is 141 Å². The van der Waals surface area contributed by atoms with Crippen molar-refractivity contribution < 1.29 is 39.3 Å². The molecule has 9 heteroatoms. The van der Waals surface area contributed by atoms with Crippen molar-refractivity contribution in [3.63, 3.8) is 0 Å². The van der Waals surface area contributed by atoms with Crippen LogP contribution in [0.25, 0.3) is 0 Å². The van der Waals surface area contributed by atoms with Gasteiger partial charge < -0.3 is 39.3 Å². The Bertz CT molecular complexity index is 333. The van der Waals surface area contributed by atoms with E-state index >= 15 is 0 Å². The molecule has 110 valence electrons. The third-order valence-corrected chi connectivity index (χ3v) is 1.52. The van der Waals surface area contributed by atoms with E-state index in [1.165, 1.54) is 0 Å². The minimum Gasteiger partial charge on any atom is -0.550 e. The second-order valence-corrected chi connectivity index (χ2v) is 4.67. The molecule has 8 nitrogen and oxygen atoms in total. The first-order valence-electron chi connectivity index (χ1n) is 5.22.